The Kier molecular flexibility index (Phi) is 6.42. The second kappa shape index (κ2) is 7.63. The molecule has 0 aromatic heterocycles. The van der Waals surface area contributed by atoms with E-state index in [1.807, 2.05) is 14.0 Å². The van der Waals surface area contributed by atoms with E-state index in [-0.39, 0.29) is 12.0 Å². The van der Waals surface area contributed by atoms with Gasteiger partial charge in [0.1, 0.15) is 6.04 Å². The second-order valence-corrected chi connectivity index (χ2v) is 4.26. The van der Waals surface area contributed by atoms with E-state index in [4.69, 9.17) is 4.74 Å². The first-order chi connectivity index (χ1) is 7.79. The summed E-state index contributed by atoms with van der Waals surface area (Å²) in [7, 11) is 1.96. The van der Waals surface area contributed by atoms with Gasteiger partial charge < -0.3 is 10.1 Å². The monoisotopic (exact) mass is 228 g/mol. The minimum absolute atomic E-state index is 0.00514. The van der Waals surface area contributed by atoms with Crippen molar-refractivity contribution in [3.05, 3.63) is 0 Å². The molecule has 0 aromatic carbocycles. The van der Waals surface area contributed by atoms with Gasteiger partial charge in [0.05, 0.1) is 6.61 Å². The summed E-state index contributed by atoms with van der Waals surface area (Å²) >= 11 is 0. The summed E-state index contributed by atoms with van der Waals surface area (Å²) in [6.07, 6.45) is 4.40. The highest BCUT2D eigenvalue weighted by Gasteiger charge is 2.28. The van der Waals surface area contributed by atoms with E-state index in [0.717, 1.165) is 38.9 Å². The summed E-state index contributed by atoms with van der Waals surface area (Å²) in [5.74, 6) is -0.0355. The van der Waals surface area contributed by atoms with Crippen LogP contribution in [0.25, 0.3) is 0 Å². The van der Waals surface area contributed by atoms with E-state index < -0.39 is 0 Å². The third-order valence-electron chi connectivity index (χ3n) is 3.04. The molecule has 0 spiro atoms. The molecule has 1 atom stereocenters. The molecule has 0 aromatic rings. The van der Waals surface area contributed by atoms with Crippen molar-refractivity contribution in [3.63, 3.8) is 0 Å². The van der Waals surface area contributed by atoms with Gasteiger partial charge in [-0.3, -0.25) is 9.69 Å². The number of likely N-dealkylation sites (tertiary alicyclic amines) is 1. The highest BCUT2D eigenvalue weighted by atomic mass is 16.5. The Bertz CT molecular complexity index is 209. The third-order valence-corrected chi connectivity index (χ3v) is 3.04. The number of hydrogen-bond donors (Lipinski definition) is 1. The summed E-state index contributed by atoms with van der Waals surface area (Å²) in [5, 5.41) is 3.13. The van der Waals surface area contributed by atoms with Crippen molar-refractivity contribution in [1.29, 1.82) is 0 Å². The molecule has 16 heavy (non-hydrogen) atoms. The lowest BCUT2D eigenvalue weighted by molar-refractivity contribution is -0.150. The fourth-order valence-corrected chi connectivity index (χ4v) is 2.22. The van der Waals surface area contributed by atoms with Crippen LogP contribution in [0.3, 0.4) is 0 Å². The lowest BCUT2D eigenvalue weighted by atomic mass is 10.0. The average Bonchev–Trinajstić information content (AvgIpc) is 2.30. The Morgan fingerprint density at radius 2 is 2.31 bits per heavy atom. The highest BCUT2D eigenvalue weighted by molar-refractivity contribution is 5.75. The fourth-order valence-electron chi connectivity index (χ4n) is 2.22. The summed E-state index contributed by atoms with van der Waals surface area (Å²) in [5.41, 5.74) is 0. The van der Waals surface area contributed by atoms with Gasteiger partial charge in [-0.25, -0.2) is 0 Å². The summed E-state index contributed by atoms with van der Waals surface area (Å²) in [4.78, 5) is 14.0. The molecule has 1 unspecified atom stereocenters. The molecule has 0 amide bonds. The van der Waals surface area contributed by atoms with Crippen molar-refractivity contribution in [1.82, 2.24) is 10.2 Å². The van der Waals surface area contributed by atoms with Crippen molar-refractivity contribution >= 4 is 5.97 Å². The van der Waals surface area contributed by atoms with Crippen LogP contribution in [0, 0.1) is 0 Å². The number of nitrogens with one attached hydrogen (secondary N) is 1. The van der Waals surface area contributed by atoms with Crippen LogP contribution in [-0.2, 0) is 9.53 Å². The van der Waals surface area contributed by atoms with Crippen LogP contribution < -0.4 is 5.32 Å². The summed E-state index contributed by atoms with van der Waals surface area (Å²) in [6.45, 7) is 5.38. The van der Waals surface area contributed by atoms with E-state index in [9.17, 15) is 4.79 Å². The number of hydrogen-bond acceptors (Lipinski definition) is 4. The molecule has 1 aliphatic heterocycles. The van der Waals surface area contributed by atoms with Gasteiger partial charge in [0.15, 0.2) is 0 Å². The molecule has 0 radical (unpaired) electrons. The number of carbonyl (C=O) groups is 1. The SMILES string of the molecule is CCOC(=O)C1CCCCN1CCCNC. The maximum absolute atomic E-state index is 11.8. The Hall–Kier alpha value is -0.610. The molecule has 1 N–H and O–H groups in total. The van der Waals surface area contributed by atoms with E-state index in [2.05, 4.69) is 10.2 Å². The number of esters is 1. The van der Waals surface area contributed by atoms with Crippen LogP contribution in [0.2, 0.25) is 0 Å². The van der Waals surface area contributed by atoms with Crippen molar-refractivity contribution in [2.75, 3.05) is 33.3 Å². The molecule has 4 nitrogen and oxygen atoms in total. The number of rotatable bonds is 6. The van der Waals surface area contributed by atoms with E-state index in [1.165, 1.54) is 6.42 Å². The largest absolute Gasteiger partial charge is 0.465 e. The molecular weight excluding hydrogens is 204 g/mol. The standard InChI is InChI=1S/C12H24N2O2/c1-3-16-12(15)11-7-4-5-9-14(11)10-6-8-13-2/h11,13H,3-10H2,1-2H3. The third kappa shape index (κ3) is 4.10. The van der Waals surface area contributed by atoms with E-state index in [0.29, 0.717) is 6.61 Å². The molecular formula is C12H24N2O2. The van der Waals surface area contributed by atoms with Gasteiger partial charge in [0, 0.05) is 6.54 Å². The number of carbonyl (C=O) groups excluding carboxylic acids is 1. The Morgan fingerprint density at radius 3 is 3.00 bits per heavy atom. The Balaban J connectivity index is 2.40. The molecule has 1 fully saturated rings. The van der Waals surface area contributed by atoms with Crippen molar-refractivity contribution in [2.24, 2.45) is 0 Å². The smallest absolute Gasteiger partial charge is 0.323 e. The quantitative estimate of drug-likeness (QED) is 0.544. The maximum atomic E-state index is 11.8. The Labute approximate surface area is 98.3 Å². The summed E-state index contributed by atoms with van der Waals surface area (Å²) < 4.78 is 5.12. The lowest BCUT2D eigenvalue weighted by Gasteiger charge is -2.33. The lowest BCUT2D eigenvalue weighted by Crippen LogP contribution is -2.46. The topological polar surface area (TPSA) is 41.6 Å². The zero-order valence-corrected chi connectivity index (χ0v) is 10.5. The average molecular weight is 228 g/mol. The van der Waals surface area contributed by atoms with Crippen LogP contribution in [0.15, 0.2) is 0 Å². The number of piperidine rings is 1. The normalized spacial score (nSPS) is 22.0. The van der Waals surface area contributed by atoms with Gasteiger partial charge in [0.2, 0.25) is 0 Å². The summed E-state index contributed by atoms with van der Waals surface area (Å²) in [6, 6.07) is 0.00514. The van der Waals surface area contributed by atoms with Gasteiger partial charge in [-0.1, -0.05) is 6.42 Å². The molecule has 0 aliphatic carbocycles. The second-order valence-electron chi connectivity index (χ2n) is 4.26. The number of nitrogens with zero attached hydrogens (tertiary/aromatic N) is 1. The molecule has 1 aliphatic rings. The van der Waals surface area contributed by atoms with E-state index in [1.54, 1.807) is 0 Å². The van der Waals surface area contributed by atoms with Crippen LogP contribution in [-0.4, -0.2) is 50.2 Å². The van der Waals surface area contributed by atoms with Gasteiger partial charge in [-0.15, -0.1) is 0 Å². The van der Waals surface area contributed by atoms with Crippen molar-refractivity contribution in [2.45, 2.75) is 38.6 Å². The van der Waals surface area contributed by atoms with Crippen LogP contribution in [0.1, 0.15) is 32.6 Å². The van der Waals surface area contributed by atoms with Gasteiger partial charge in [-0.05, 0) is 46.3 Å². The molecule has 0 saturated carbocycles. The van der Waals surface area contributed by atoms with Gasteiger partial charge in [-0.2, -0.15) is 0 Å². The number of ether oxygens (including phenoxy) is 1. The predicted molar refractivity (Wildman–Crippen MR) is 64.4 cm³/mol. The van der Waals surface area contributed by atoms with Crippen LogP contribution in [0.5, 0.6) is 0 Å². The van der Waals surface area contributed by atoms with Gasteiger partial charge >= 0.3 is 5.97 Å². The Morgan fingerprint density at radius 1 is 1.50 bits per heavy atom. The minimum Gasteiger partial charge on any atom is -0.465 e. The first-order valence-electron chi connectivity index (χ1n) is 6.35. The molecule has 1 rings (SSSR count). The van der Waals surface area contributed by atoms with Gasteiger partial charge in [0.25, 0.3) is 0 Å². The zero-order chi connectivity index (χ0) is 11.8. The van der Waals surface area contributed by atoms with E-state index >= 15 is 0 Å². The fraction of sp³-hybridized carbons (Fsp3) is 0.917. The van der Waals surface area contributed by atoms with Crippen LogP contribution in [0.4, 0.5) is 0 Å². The van der Waals surface area contributed by atoms with Crippen LogP contribution >= 0.6 is 0 Å². The molecule has 4 heteroatoms. The van der Waals surface area contributed by atoms with Crippen molar-refractivity contribution < 1.29 is 9.53 Å². The molecule has 1 heterocycles. The first-order valence-corrected chi connectivity index (χ1v) is 6.35. The highest BCUT2D eigenvalue weighted by Crippen LogP contribution is 2.18. The minimum atomic E-state index is -0.0355. The molecule has 94 valence electrons. The van der Waals surface area contributed by atoms with Crippen molar-refractivity contribution in [3.8, 4) is 0 Å². The predicted octanol–water partition coefficient (Wildman–Crippen LogP) is 1.01. The molecule has 0 bridgehead atoms. The maximum Gasteiger partial charge on any atom is 0.323 e. The zero-order valence-electron chi connectivity index (χ0n) is 10.5. The first kappa shape index (κ1) is 13.5. The molecule has 1 saturated heterocycles.